The van der Waals surface area contributed by atoms with Crippen LogP contribution in [0.4, 0.5) is 0 Å². The van der Waals surface area contributed by atoms with E-state index in [0.29, 0.717) is 5.92 Å². The molecule has 0 radical (unpaired) electrons. The van der Waals surface area contributed by atoms with Crippen LogP contribution in [0, 0.1) is 5.92 Å². The quantitative estimate of drug-likeness (QED) is 0.770. The van der Waals surface area contributed by atoms with Gasteiger partial charge in [-0.15, -0.1) is 11.3 Å². The Labute approximate surface area is 115 Å². The molecule has 1 N–H and O–H groups in total. The summed E-state index contributed by atoms with van der Waals surface area (Å²) in [4.78, 5) is 7.02. The summed E-state index contributed by atoms with van der Waals surface area (Å²) in [5.74, 6) is 1.42. The summed E-state index contributed by atoms with van der Waals surface area (Å²) in [6, 6.07) is 0. The van der Waals surface area contributed by atoms with E-state index >= 15 is 0 Å². The van der Waals surface area contributed by atoms with Crippen molar-refractivity contribution in [1.82, 2.24) is 15.2 Å². The lowest BCUT2D eigenvalue weighted by Crippen LogP contribution is -2.29. The summed E-state index contributed by atoms with van der Waals surface area (Å²) in [5.41, 5.74) is 0. The van der Waals surface area contributed by atoms with E-state index in [2.05, 4.69) is 34.4 Å². The molecule has 2 unspecified atom stereocenters. The Morgan fingerprint density at radius 1 is 1.61 bits per heavy atom. The van der Waals surface area contributed by atoms with Gasteiger partial charge in [0.1, 0.15) is 0 Å². The highest BCUT2D eigenvalue weighted by molar-refractivity contribution is 7.09. The molecule has 2 atom stereocenters. The third-order valence-corrected chi connectivity index (χ3v) is 4.64. The van der Waals surface area contributed by atoms with Gasteiger partial charge in [-0.2, -0.15) is 0 Å². The Hall–Kier alpha value is -0.450. The SMILES string of the molecule is CCCNCC1CCN(CC(C)c2nccs2)C1. The minimum Gasteiger partial charge on any atom is -0.316 e. The van der Waals surface area contributed by atoms with Crippen molar-refractivity contribution in [2.75, 3.05) is 32.7 Å². The minimum absolute atomic E-state index is 0.576. The molecule has 1 aliphatic heterocycles. The number of nitrogens with one attached hydrogen (secondary N) is 1. The zero-order chi connectivity index (χ0) is 12.8. The van der Waals surface area contributed by atoms with Gasteiger partial charge in [-0.3, -0.25) is 0 Å². The summed E-state index contributed by atoms with van der Waals surface area (Å²) in [5, 5.41) is 6.90. The molecule has 0 spiro atoms. The predicted molar refractivity (Wildman–Crippen MR) is 78.2 cm³/mol. The zero-order valence-electron chi connectivity index (χ0n) is 11.6. The summed E-state index contributed by atoms with van der Waals surface area (Å²) in [6.07, 6.45) is 4.50. The maximum Gasteiger partial charge on any atom is 0.0965 e. The Kier molecular flexibility index (Phi) is 5.60. The van der Waals surface area contributed by atoms with E-state index in [9.17, 15) is 0 Å². The number of hydrogen-bond donors (Lipinski definition) is 1. The van der Waals surface area contributed by atoms with Gasteiger partial charge in [0.05, 0.1) is 5.01 Å². The first-order valence-corrected chi connectivity index (χ1v) is 8.00. The lowest BCUT2D eigenvalue weighted by molar-refractivity contribution is 0.305. The molecule has 1 aromatic heterocycles. The average Bonchev–Trinajstić information content (AvgIpc) is 3.00. The molecule has 4 heteroatoms. The number of rotatable bonds is 7. The molecule has 102 valence electrons. The van der Waals surface area contributed by atoms with E-state index < -0.39 is 0 Å². The van der Waals surface area contributed by atoms with Crippen molar-refractivity contribution >= 4 is 11.3 Å². The van der Waals surface area contributed by atoms with Gasteiger partial charge in [0.2, 0.25) is 0 Å². The van der Waals surface area contributed by atoms with Crippen molar-refractivity contribution < 1.29 is 0 Å². The summed E-state index contributed by atoms with van der Waals surface area (Å²) >= 11 is 1.78. The number of aromatic nitrogens is 1. The van der Waals surface area contributed by atoms with Crippen LogP contribution in [0.2, 0.25) is 0 Å². The monoisotopic (exact) mass is 267 g/mol. The minimum atomic E-state index is 0.576. The predicted octanol–water partition coefficient (Wildman–Crippen LogP) is 2.57. The van der Waals surface area contributed by atoms with Gasteiger partial charge in [-0.05, 0) is 38.4 Å². The second-order valence-corrected chi connectivity index (χ2v) is 6.32. The lowest BCUT2D eigenvalue weighted by Gasteiger charge is -2.19. The average molecular weight is 267 g/mol. The fourth-order valence-electron chi connectivity index (χ4n) is 2.67. The lowest BCUT2D eigenvalue weighted by atomic mass is 10.1. The zero-order valence-corrected chi connectivity index (χ0v) is 12.4. The maximum absolute atomic E-state index is 4.42. The van der Waals surface area contributed by atoms with Crippen molar-refractivity contribution in [3.8, 4) is 0 Å². The van der Waals surface area contributed by atoms with Gasteiger partial charge in [-0.1, -0.05) is 13.8 Å². The molecule has 3 nitrogen and oxygen atoms in total. The molecule has 1 aliphatic rings. The van der Waals surface area contributed by atoms with Crippen molar-refractivity contribution in [3.63, 3.8) is 0 Å². The van der Waals surface area contributed by atoms with E-state index in [0.717, 1.165) is 19.0 Å². The molecule has 0 saturated carbocycles. The molecule has 0 bridgehead atoms. The molecule has 2 heterocycles. The van der Waals surface area contributed by atoms with E-state index in [-0.39, 0.29) is 0 Å². The highest BCUT2D eigenvalue weighted by Gasteiger charge is 2.24. The van der Waals surface area contributed by atoms with Crippen LogP contribution in [0.1, 0.15) is 37.6 Å². The normalized spacial score (nSPS) is 22.4. The fourth-order valence-corrected chi connectivity index (χ4v) is 3.36. The first kappa shape index (κ1) is 14.0. The van der Waals surface area contributed by atoms with Crippen LogP contribution >= 0.6 is 11.3 Å². The van der Waals surface area contributed by atoms with Crippen LogP contribution in [0.3, 0.4) is 0 Å². The summed E-state index contributed by atoms with van der Waals surface area (Å²) in [7, 11) is 0. The first-order valence-electron chi connectivity index (χ1n) is 7.12. The van der Waals surface area contributed by atoms with Crippen LogP contribution in [0.25, 0.3) is 0 Å². The maximum atomic E-state index is 4.42. The third kappa shape index (κ3) is 4.04. The number of nitrogens with zero attached hydrogens (tertiary/aromatic N) is 2. The van der Waals surface area contributed by atoms with Crippen molar-refractivity contribution in [2.24, 2.45) is 5.92 Å². The van der Waals surface area contributed by atoms with Crippen LogP contribution in [0.5, 0.6) is 0 Å². The smallest absolute Gasteiger partial charge is 0.0965 e. The summed E-state index contributed by atoms with van der Waals surface area (Å²) < 4.78 is 0. The second kappa shape index (κ2) is 7.22. The number of thiazole rings is 1. The molecule has 1 aromatic rings. The standard InChI is InChI=1S/C14H25N3S/c1-3-5-15-9-13-4-7-17(11-13)10-12(2)14-16-6-8-18-14/h6,8,12-13,15H,3-5,7,9-11H2,1-2H3. The van der Waals surface area contributed by atoms with Crippen LogP contribution in [-0.2, 0) is 0 Å². The molecule has 1 saturated heterocycles. The molecule has 0 aliphatic carbocycles. The Balaban J connectivity index is 1.69. The van der Waals surface area contributed by atoms with Gasteiger partial charge < -0.3 is 10.2 Å². The fraction of sp³-hybridized carbons (Fsp3) is 0.786. The topological polar surface area (TPSA) is 28.2 Å². The second-order valence-electron chi connectivity index (χ2n) is 5.39. The van der Waals surface area contributed by atoms with Gasteiger partial charge in [0.25, 0.3) is 0 Å². The van der Waals surface area contributed by atoms with E-state index in [1.807, 2.05) is 6.20 Å². The van der Waals surface area contributed by atoms with Gasteiger partial charge >= 0.3 is 0 Å². The van der Waals surface area contributed by atoms with Crippen molar-refractivity contribution in [1.29, 1.82) is 0 Å². The Morgan fingerprint density at radius 2 is 2.50 bits per heavy atom. The Bertz CT molecular complexity index is 326. The molecule has 1 fully saturated rings. The van der Waals surface area contributed by atoms with Crippen molar-refractivity contribution in [3.05, 3.63) is 16.6 Å². The number of hydrogen-bond acceptors (Lipinski definition) is 4. The van der Waals surface area contributed by atoms with Crippen LogP contribution in [0.15, 0.2) is 11.6 Å². The van der Waals surface area contributed by atoms with Crippen molar-refractivity contribution in [2.45, 2.75) is 32.6 Å². The molecular weight excluding hydrogens is 242 g/mol. The molecule has 0 aromatic carbocycles. The van der Waals surface area contributed by atoms with Gasteiger partial charge in [0.15, 0.2) is 0 Å². The van der Waals surface area contributed by atoms with Gasteiger partial charge in [0, 0.05) is 30.6 Å². The molecule has 2 rings (SSSR count). The first-order chi connectivity index (χ1) is 8.79. The van der Waals surface area contributed by atoms with E-state index in [4.69, 9.17) is 0 Å². The van der Waals surface area contributed by atoms with Gasteiger partial charge in [-0.25, -0.2) is 4.98 Å². The molecule has 0 amide bonds. The van der Waals surface area contributed by atoms with E-state index in [1.54, 1.807) is 11.3 Å². The van der Waals surface area contributed by atoms with Crippen LogP contribution in [-0.4, -0.2) is 42.6 Å². The Morgan fingerprint density at radius 3 is 3.22 bits per heavy atom. The van der Waals surface area contributed by atoms with Crippen LogP contribution < -0.4 is 5.32 Å². The third-order valence-electron chi connectivity index (χ3n) is 3.63. The highest BCUT2D eigenvalue weighted by atomic mass is 32.1. The number of likely N-dealkylation sites (tertiary alicyclic amines) is 1. The highest BCUT2D eigenvalue weighted by Crippen LogP contribution is 2.22. The molecule has 18 heavy (non-hydrogen) atoms. The largest absolute Gasteiger partial charge is 0.316 e. The summed E-state index contributed by atoms with van der Waals surface area (Å²) in [6.45, 7) is 10.5. The molecular formula is C14H25N3S. The van der Waals surface area contributed by atoms with E-state index in [1.165, 1.54) is 37.5 Å².